The van der Waals surface area contributed by atoms with E-state index in [1.54, 1.807) is 0 Å². The number of ether oxygens (including phenoxy) is 1. The number of aromatic nitrogens is 1. The van der Waals surface area contributed by atoms with Crippen LogP contribution in [0.15, 0.2) is 41.5 Å². The monoisotopic (exact) mass is 390 g/mol. The molecule has 0 saturated carbocycles. The van der Waals surface area contributed by atoms with Crippen molar-refractivity contribution >= 4 is 17.9 Å². The second kappa shape index (κ2) is 6.96. The first-order valence-corrected chi connectivity index (χ1v) is 8.06. The fraction of sp³-hybridized carbons (Fsp3) is 0.211. The van der Waals surface area contributed by atoms with E-state index in [1.807, 2.05) is 6.07 Å². The maximum Gasteiger partial charge on any atom is 0.310 e. The van der Waals surface area contributed by atoms with Gasteiger partial charge in [0.1, 0.15) is 17.7 Å². The predicted octanol–water partition coefficient (Wildman–Crippen LogP) is 3.76. The highest BCUT2D eigenvalue weighted by atomic mass is 19.3. The third kappa shape index (κ3) is 3.41. The van der Waals surface area contributed by atoms with Crippen LogP contribution in [0.2, 0.25) is 0 Å². The van der Waals surface area contributed by atoms with Gasteiger partial charge in [-0.15, -0.1) is 0 Å². The highest BCUT2D eigenvalue weighted by molar-refractivity contribution is 5.76. The summed E-state index contributed by atoms with van der Waals surface area (Å²) in [6, 6.07) is 7.31. The van der Waals surface area contributed by atoms with Crippen LogP contribution in [0.4, 0.5) is 17.6 Å². The van der Waals surface area contributed by atoms with Crippen LogP contribution in [0.5, 0.6) is 0 Å². The van der Waals surface area contributed by atoms with Gasteiger partial charge in [0, 0.05) is 11.8 Å². The molecule has 0 saturated heterocycles. The lowest BCUT2D eigenvalue weighted by Gasteiger charge is -2.37. The Balaban J connectivity index is 2.04. The van der Waals surface area contributed by atoms with E-state index in [2.05, 4.69) is 14.7 Å². The third-order valence-electron chi connectivity index (χ3n) is 4.39. The van der Waals surface area contributed by atoms with Gasteiger partial charge in [0.25, 0.3) is 6.02 Å². The molecular formula is C19H14F4N4O. The molecule has 2 aromatic rings. The molecule has 0 radical (unpaired) electrons. The van der Waals surface area contributed by atoms with Gasteiger partial charge in [-0.05, 0) is 42.8 Å². The van der Waals surface area contributed by atoms with Crippen LogP contribution >= 0.6 is 0 Å². The zero-order valence-corrected chi connectivity index (χ0v) is 14.6. The number of pyridine rings is 1. The van der Waals surface area contributed by atoms with Gasteiger partial charge in [0.15, 0.2) is 12.1 Å². The quantitative estimate of drug-likeness (QED) is 0.809. The first-order chi connectivity index (χ1) is 13.2. The average Bonchev–Trinajstić information content (AvgIpc) is 2.66. The summed E-state index contributed by atoms with van der Waals surface area (Å²) in [5.74, 6) is -5.25. The molecular weight excluding hydrogens is 376 g/mol. The summed E-state index contributed by atoms with van der Waals surface area (Å²) < 4.78 is 62.3. The summed E-state index contributed by atoms with van der Waals surface area (Å²) in [6.07, 6.45) is 2.21. The second-order valence-corrected chi connectivity index (χ2v) is 6.29. The molecule has 1 unspecified atom stereocenters. The molecule has 3 rings (SSSR count). The summed E-state index contributed by atoms with van der Waals surface area (Å²) in [6.45, 7) is -0.0192. The summed E-state index contributed by atoms with van der Waals surface area (Å²) in [4.78, 5) is 7.43. The maximum atomic E-state index is 14.4. The molecule has 5 nitrogen and oxygen atoms in total. The number of rotatable bonds is 3. The highest BCUT2D eigenvalue weighted by Crippen LogP contribution is 2.44. The van der Waals surface area contributed by atoms with Crippen molar-refractivity contribution in [1.29, 1.82) is 5.26 Å². The predicted molar refractivity (Wildman–Crippen MR) is 94.2 cm³/mol. The minimum absolute atomic E-state index is 0.0604. The fourth-order valence-corrected chi connectivity index (χ4v) is 2.72. The van der Waals surface area contributed by atoms with Crippen molar-refractivity contribution in [2.45, 2.75) is 18.4 Å². The number of benzene rings is 1. The van der Waals surface area contributed by atoms with E-state index in [1.165, 1.54) is 24.4 Å². The van der Waals surface area contributed by atoms with Crippen molar-refractivity contribution < 1.29 is 22.3 Å². The third-order valence-corrected chi connectivity index (χ3v) is 4.39. The van der Waals surface area contributed by atoms with E-state index in [0.29, 0.717) is 0 Å². The Hall–Kier alpha value is -3.41. The molecule has 0 aliphatic carbocycles. The molecule has 1 aliphatic heterocycles. The first-order valence-electron chi connectivity index (χ1n) is 8.06. The highest BCUT2D eigenvalue weighted by Gasteiger charge is 2.56. The van der Waals surface area contributed by atoms with Crippen LogP contribution < -0.4 is 5.73 Å². The minimum Gasteiger partial charge on any atom is -0.459 e. The van der Waals surface area contributed by atoms with Crippen LogP contribution in [0.1, 0.15) is 29.3 Å². The number of hydrogen-bond donors (Lipinski definition) is 1. The number of halogens is 4. The van der Waals surface area contributed by atoms with Gasteiger partial charge >= 0.3 is 5.92 Å². The van der Waals surface area contributed by atoms with Crippen LogP contribution in [0.3, 0.4) is 0 Å². The molecule has 0 spiro atoms. The lowest BCUT2D eigenvalue weighted by atomic mass is 9.84. The zero-order valence-electron chi connectivity index (χ0n) is 14.6. The van der Waals surface area contributed by atoms with Crippen molar-refractivity contribution in [2.75, 3.05) is 6.61 Å². The Morgan fingerprint density at radius 2 is 2.07 bits per heavy atom. The summed E-state index contributed by atoms with van der Waals surface area (Å²) in [5.41, 5.74) is 2.96. The molecule has 0 amide bonds. The molecule has 1 atom stereocenters. The molecule has 1 aromatic carbocycles. The molecule has 28 heavy (non-hydrogen) atoms. The number of nitriles is 1. The Labute approximate surface area is 157 Å². The van der Waals surface area contributed by atoms with E-state index in [0.717, 1.165) is 25.1 Å². The number of aliphatic imine (C=N–C) groups is 1. The Kier molecular flexibility index (Phi) is 4.81. The summed E-state index contributed by atoms with van der Waals surface area (Å²) in [5, 5.41) is 8.74. The van der Waals surface area contributed by atoms with Crippen molar-refractivity contribution in [2.24, 2.45) is 10.7 Å². The lowest BCUT2D eigenvalue weighted by Crippen LogP contribution is -2.51. The minimum atomic E-state index is -3.54. The number of nitrogens with zero attached hydrogens (tertiary/aromatic N) is 3. The number of alkyl halides is 2. The molecule has 1 aliphatic rings. The summed E-state index contributed by atoms with van der Waals surface area (Å²) in [7, 11) is 0. The van der Waals surface area contributed by atoms with Crippen LogP contribution in [0, 0.1) is 17.1 Å². The normalized spacial score (nSPS) is 21.4. The van der Waals surface area contributed by atoms with Crippen molar-refractivity contribution in [3.8, 4) is 6.07 Å². The average molecular weight is 390 g/mol. The molecule has 2 N–H and O–H groups in total. The van der Waals surface area contributed by atoms with Crippen LogP contribution in [-0.4, -0.2) is 23.5 Å². The van der Waals surface area contributed by atoms with Crippen molar-refractivity contribution in [3.63, 3.8) is 0 Å². The van der Waals surface area contributed by atoms with E-state index >= 15 is 0 Å². The van der Waals surface area contributed by atoms with Gasteiger partial charge in [-0.3, -0.25) is 4.98 Å². The number of amidine groups is 1. The van der Waals surface area contributed by atoms with Gasteiger partial charge in [0.2, 0.25) is 0 Å². The van der Waals surface area contributed by atoms with E-state index < -0.39 is 41.3 Å². The van der Waals surface area contributed by atoms with E-state index in [-0.39, 0.29) is 16.8 Å². The molecule has 9 heteroatoms. The van der Waals surface area contributed by atoms with E-state index in [4.69, 9.17) is 11.0 Å². The Bertz CT molecular complexity index is 1010. The van der Waals surface area contributed by atoms with Crippen molar-refractivity contribution in [3.05, 3.63) is 64.7 Å². The van der Waals surface area contributed by atoms with Crippen molar-refractivity contribution in [1.82, 2.24) is 4.98 Å². The standard InChI is InChI=1S/C19H14F4N4O/c1-18(19(22,23)10-28-17(25)27-18)13-6-11(2-4-14(13)20)7-15(21)16-5-3-12(8-24)9-26-16/h2-7,9H,10H2,1H3,(H2,25,27). The van der Waals surface area contributed by atoms with E-state index in [9.17, 15) is 17.6 Å². The largest absolute Gasteiger partial charge is 0.459 e. The topological polar surface area (TPSA) is 84.3 Å². The number of nitrogens with two attached hydrogens (primary N) is 1. The van der Waals surface area contributed by atoms with Gasteiger partial charge in [-0.1, -0.05) is 6.07 Å². The van der Waals surface area contributed by atoms with Crippen LogP contribution in [-0.2, 0) is 10.3 Å². The molecule has 0 fully saturated rings. The SMILES string of the molecule is CC1(c2cc(C=C(F)c3ccc(C#N)cn3)ccc2F)N=C(N)OCC1(F)F. The number of hydrogen-bond acceptors (Lipinski definition) is 5. The van der Waals surface area contributed by atoms with Gasteiger partial charge in [-0.2, -0.15) is 14.0 Å². The molecule has 1 aromatic heterocycles. The first kappa shape index (κ1) is 19.4. The Morgan fingerprint density at radius 1 is 1.32 bits per heavy atom. The lowest BCUT2D eigenvalue weighted by molar-refractivity contribution is -0.117. The zero-order chi connectivity index (χ0) is 20.5. The molecule has 0 bridgehead atoms. The smallest absolute Gasteiger partial charge is 0.310 e. The fourth-order valence-electron chi connectivity index (χ4n) is 2.72. The maximum absolute atomic E-state index is 14.4. The van der Waals surface area contributed by atoms with Gasteiger partial charge in [0.05, 0.1) is 11.3 Å². The molecule has 2 heterocycles. The second-order valence-electron chi connectivity index (χ2n) is 6.29. The van der Waals surface area contributed by atoms with Crippen LogP contribution in [0.25, 0.3) is 11.9 Å². The molecule has 144 valence electrons. The summed E-state index contributed by atoms with van der Waals surface area (Å²) >= 11 is 0. The Morgan fingerprint density at radius 3 is 2.71 bits per heavy atom. The van der Waals surface area contributed by atoms with Gasteiger partial charge in [-0.25, -0.2) is 13.8 Å². The van der Waals surface area contributed by atoms with Gasteiger partial charge < -0.3 is 10.5 Å².